The van der Waals surface area contributed by atoms with Gasteiger partial charge in [0.2, 0.25) is 0 Å². The highest BCUT2D eigenvalue weighted by atomic mass is 35.5. The van der Waals surface area contributed by atoms with Crippen molar-refractivity contribution < 1.29 is 5.48 Å². The molecule has 0 spiro atoms. The molecular weight excluding hydrogens is 99.5 g/mol. The fraction of sp³-hybridized carbons (Fsp3) is 0.500. The number of hydrogen-bond donors (Lipinski definition) is 0. The fourth-order valence-corrected chi connectivity index (χ4v) is 0.200. The Morgan fingerprint density at radius 1 is 1.67 bits per heavy atom. The Hall–Kier alpha value is -0.190. The van der Waals surface area contributed by atoms with Crippen LogP contribution in [0.2, 0.25) is 0 Å². The second-order valence-corrected chi connectivity index (χ2v) is 0.814. The molecule has 0 heterocycles. The number of halogens is 1. The van der Waals surface area contributed by atoms with Crippen molar-refractivity contribution in [3.63, 3.8) is 0 Å². The summed E-state index contributed by atoms with van der Waals surface area (Å²) in [5.74, 6) is 2.63. The molecular formula is C4H7ClO. The molecule has 2 heteroatoms. The van der Waals surface area contributed by atoms with Gasteiger partial charge in [0.25, 0.3) is 0 Å². The smallest absolute Gasteiger partial charge is 0.00728 e. The molecule has 0 aromatic carbocycles. The summed E-state index contributed by atoms with van der Waals surface area (Å²) in [6, 6.07) is 0. The van der Waals surface area contributed by atoms with Gasteiger partial charge in [-0.15, -0.1) is 0 Å². The van der Waals surface area contributed by atoms with Gasteiger partial charge in [-0.05, 0) is 11.6 Å². The largest absolute Gasteiger partial charge is 0.412 e. The summed E-state index contributed by atoms with van der Waals surface area (Å²) in [5, 5.41) is 2.24. The van der Waals surface area contributed by atoms with Crippen molar-refractivity contribution in [2.45, 2.75) is 13.3 Å². The lowest BCUT2D eigenvalue weighted by Gasteiger charge is -1.56. The molecule has 0 atom stereocenters. The van der Waals surface area contributed by atoms with Gasteiger partial charge in [-0.3, -0.25) is 0 Å². The first-order valence-electron chi connectivity index (χ1n) is 1.50. The van der Waals surface area contributed by atoms with E-state index in [1.54, 1.807) is 0 Å². The highest BCUT2D eigenvalue weighted by Gasteiger charge is 1.50. The van der Waals surface area contributed by atoms with Crippen LogP contribution in [-0.4, -0.2) is 5.48 Å². The van der Waals surface area contributed by atoms with E-state index < -0.39 is 0 Å². The van der Waals surface area contributed by atoms with Gasteiger partial charge >= 0.3 is 0 Å². The molecule has 0 aromatic heterocycles. The van der Waals surface area contributed by atoms with Crippen LogP contribution in [0.25, 0.3) is 0 Å². The monoisotopic (exact) mass is 106 g/mol. The zero-order valence-electron chi connectivity index (χ0n) is 3.59. The number of hydrogen-bond acceptors (Lipinski definition) is 0. The highest BCUT2D eigenvalue weighted by molar-refractivity contribution is 6.30. The summed E-state index contributed by atoms with van der Waals surface area (Å²) in [7, 11) is 0. The quantitative estimate of drug-likeness (QED) is 0.409. The maximum Gasteiger partial charge on any atom is 0.00728 e. The van der Waals surface area contributed by atoms with Crippen LogP contribution in [0.3, 0.4) is 0 Å². The van der Waals surface area contributed by atoms with E-state index in [0.717, 1.165) is 6.42 Å². The maximum absolute atomic E-state index is 4.94. The minimum Gasteiger partial charge on any atom is -0.412 e. The molecule has 0 aliphatic heterocycles. The van der Waals surface area contributed by atoms with Crippen molar-refractivity contribution in [1.29, 1.82) is 0 Å². The van der Waals surface area contributed by atoms with E-state index in [4.69, 9.17) is 11.6 Å². The van der Waals surface area contributed by atoms with Crippen molar-refractivity contribution in [3.8, 4) is 11.3 Å². The lowest BCUT2D eigenvalue weighted by Crippen LogP contribution is -1.42. The fourth-order valence-electron chi connectivity index (χ4n) is 0.0668. The first-order valence-corrected chi connectivity index (χ1v) is 1.88. The van der Waals surface area contributed by atoms with Crippen LogP contribution in [0.5, 0.6) is 0 Å². The summed E-state index contributed by atoms with van der Waals surface area (Å²) in [6.07, 6.45) is 0.851. The SMILES string of the molecule is CCC#CCl.O. The minimum atomic E-state index is 0. The van der Waals surface area contributed by atoms with E-state index in [-0.39, 0.29) is 5.48 Å². The zero-order chi connectivity index (χ0) is 4.12. The molecule has 36 valence electrons. The van der Waals surface area contributed by atoms with E-state index in [2.05, 4.69) is 11.3 Å². The summed E-state index contributed by atoms with van der Waals surface area (Å²) in [4.78, 5) is 0. The van der Waals surface area contributed by atoms with Gasteiger partial charge in [0.15, 0.2) is 0 Å². The molecule has 0 fully saturated rings. The third-order valence-electron chi connectivity index (χ3n) is 0.244. The van der Waals surface area contributed by atoms with Gasteiger partial charge < -0.3 is 5.48 Å². The van der Waals surface area contributed by atoms with Crippen LogP contribution in [-0.2, 0) is 0 Å². The predicted molar refractivity (Wildman–Crippen MR) is 27.5 cm³/mol. The molecule has 0 rings (SSSR count). The average Bonchev–Trinajstić information content (AvgIpc) is 1.41. The molecule has 0 unspecified atom stereocenters. The van der Waals surface area contributed by atoms with Gasteiger partial charge in [0.05, 0.1) is 0 Å². The normalized spacial score (nSPS) is 4.33. The summed E-state index contributed by atoms with van der Waals surface area (Å²) < 4.78 is 0. The first kappa shape index (κ1) is 9.26. The van der Waals surface area contributed by atoms with Crippen LogP contribution in [0.4, 0.5) is 0 Å². The van der Waals surface area contributed by atoms with Gasteiger partial charge in [0, 0.05) is 11.8 Å². The Labute approximate surface area is 42.6 Å². The van der Waals surface area contributed by atoms with E-state index >= 15 is 0 Å². The number of rotatable bonds is 0. The third-order valence-corrected chi connectivity index (χ3v) is 0.377. The molecule has 0 aliphatic carbocycles. The highest BCUT2D eigenvalue weighted by Crippen LogP contribution is 1.67. The van der Waals surface area contributed by atoms with Gasteiger partial charge in [-0.2, -0.15) is 0 Å². The first-order chi connectivity index (χ1) is 2.41. The second-order valence-electron chi connectivity index (χ2n) is 0.625. The van der Waals surface area contributed by atoms with E-state index in [9.17, 15) is 0 Å². The molecule has 0 aromatic rings. The molecule has 2 N–H and O–H groups in total. The standard InChI is InChI=1S/C4H5Cl.H2O/c1-2-3-4-5;/h2H2,1H3;1H2. The average molecular weight is 107 g/mol. The molecule has 6 heavy (non-hydrogen) atoms. The van der Waals surface area contributed by atoms with Crippen LogP contribution >= 0.6 is 11.6 Å². The van der Waals surface area contributed by atoms with Gasteiger partial charge in [0.1, 0.15) is 0 Å². The molecule has 0 saturated carbocycles. The molecule has 0 radical (unpaired) electrons. The van der Waals surface area contributed by atoms with Crippen LogP contribution in [0.15, 0.2) is 0 Å². The lowest BCUT2D eigenvalue weighted by atomic mass is 10.5. The van der Waals surface area contributed by atoms with Crippen LogP contribution in [0.1, 0.15) is 13.3 Å². The minimum absolute atomic E-state index is 0. The van der Waals surface area contributed by atoms with E-state index in [1.165, 1.54) is 0 Å². The Kier molecular flexibility index (Phi) is 13.6. The van der Waals surface area contributed by atoms with Crippen molar-refractivity contribution >= 4 is 11.6 Å². The topological polar surface area (TPSA) is 31.5 Å². The van der Waals surface area contributed by atoms with Crippen molar-refractivity contribution in [2.24, 2.45) is 0 Å². The molecule has 0 aliphatic rings. The van der Waals surface area contributed by atoms with Gasteiger partial charge in [-0.1, -0.05) is 12.8 Å². The Balaban J connectivity index is 0. The Morgan fingerprint density at radius 2 is 2.17 bits per heavy atom. The maximum atomic E-state index is 4.94. The predicted octanol–water partition coefficient (Wildman–Crippen LogP) is 0.771. The summed E-state index contributed by atoms with van der Waals surface area (Å²) >= 11 is 4.94. The molecule has 1 nitrogen and oxygen atoms in total. The van der Waals surface area contributed by atoms with Crippen molar-refractivity contribution in [2.75, 3.05) is 0 Å². The Bertz CT molecular complexity index is 59.7. The van der Waals surface area contributed by atoms with Crippen LogP contribution in [0, 0.1) is 11.3 Å². The van der Waals surface area contributed by atoms with E-state index in [1.807, 2.05) is 6.92 Å². The molecule has 0 bridgehead atoms. The van der Waals surface area contributed by atoms with Crippen LogP contribution < -0.4 is 0 Å². The van der Waals surface area contributed by atoms with E-state index in [0.29, 0.717) is 0 Å². The second kappa shape index (κ2) is 8.84. The summed E-state index contributed by atoms with van der Waals surface area (Å²) in [5.41, 5.74) is 0. The molecule has 0 saturated heterocycles. The Morgan fingerprint density at radius 3 is 2.17 bits per heavy atom. The molecule has 0 amide bonds. The third kappa shape index (κ3) is 9.18. The van der Waals surface area contributed by atoms with Gasteiger partial charge in [-0.25, -0.2) is 0 Å². The lowest BCUT2D eigenvalue weighted by molar-refractivity contribution is 0.824. The van der Waals surface area contributed by atoms with Crippen molar-refractivity contribution in [1.82, 2.24) is 0 Å². The zero-order valence-corrected chi connectivity index (χ0v) is 4.34. The van der Waals surface area contributed by atoms with Crippen molar-refractivity contribution in [3.05, 3.63) is 0 Å². The summed E-state index contributed by atoms with van der Waals surface area (Å²) in [6.45, 7) is 1.95.